The van der Waals surface area contributed by atoms with Gasteiger partial charge in [0.2, 0.25) is 0 Å². The van der Waals surface area contributed by atoms with Crippen molar-refractivity contribution in [2.45, 2.75) is 32.4 Å². The fourth-order valence-electron chi connectivity index (χ4n) is 4.89. The van der Waals surface area contributed by atoms with E-state index in [0.717, 1.165) is 62.9 Å². The molecule has 8 heteroatoms. The van der Waals surface area contributed by atoms with Gasteiger partial charge in [-0.05, 0) is 36.5 Å². The van der Waals surface area contributed by atoms with Gasteiger partial charge < -0.3 is 9.64 Å². The minimum absolute atomic E-state index is 0.0926. The number of nitrogens with one attached hydrogen (secondary N) is 1. The van der Waals surface area contributed by atoms with Gasteiger partial charge in [-0.2, -0.15) is 0 Å². The van der Waals surface area contributed by atoms with E-state index in [9.17, 15) is 9.18 Å². The Balaban J connectivity index is 1.29. The first-order valence-corrected chi connectivity index (χ1v) is 10.8. The van der Waals surface area contributed by atoms with Crippen molar-refractivity contribution in [1.29, 1.82) is 0 Å². The number of urea groups is 1. The van der Waals surface area contributed by atoms with Crippen molar-refractivity contribution in [1.82, 2.24) is 20.0 Å². The van der Waals surface area contributed by atoms with E-state index in [4.69, 9.17) is 9.73 Å². The summed E-state index contributed by atoms with van der Waals surface area (Å²) in [5.41, 5.74) is 1.09. The third kappa shape index (κ3) is 3.81. The fraction of sp³-hybridized carbons (Fsp3) is 0.545. The van der Waals surface area contributed by atoms with E-state index < -0.39 is 0 Å². The number of amidine groups is 1. The van der Waals surface area contributed by atoms with Gasteiger partial charge in [0.25, 0.3) is 0 Å². The van der Waals surface area contributed by atoms with Gasteiger partial charge in [-0.15, -0.1) is 0 Å². The third-order valence-corrected chi connectivity index (χ3v) is 6.60. The van der Waals surface area contributed by atoms with Gasteiger partial charge in [0.15, 0.2) is 5.82 Å². The molecule has 4 aliphatic heterocycles. The molecule has 30 heavy (non-hydrogen) atoms. The number of likely N-dealkylation sites (tertiary alicyclic amines) is 1. The van der Waals surface area contributed by atoms with Crippen LogP contribution in [-0.2, 0) is 11.3 Å². The van der Waals surface area contributed by atoms with Gasteiger partial charge >= 0.3 is 6.03 Å². The fourth-order valence-corrected chi connectivity index (χ4v) is 4.89. The van der Waals surface area contributed by atoms with Crippen LogP contribution in [0.3, 0.4) is 0 Å². The zero-order valence-electron chi connectivity index (χ0n) is 17.3. The molecule has 0 unspecified atom stereocenters. The topological polar surface area (TPSA) is 60.4 Å². The molecule has 160 valence electrons. The molecule has 1 aromatic rings. The van der Waals surface area contributed by atoms with E-state index in [2.05, 4.69) is 22.0 Å². The van der Waals surface area contributed by atoms with Crippen molar-refractivity contribution < 1.29 is 13.9 Å². The Bertz CT molecular complexity index is 865. The summed E-state index contributed by atoms with van der Waals surface area (Å²) in [5.74, 6) is 1.85. The van der Waals surface area contributed by atoms with Crippen molar-refractivity contribution in [3.05, 3.63) is 47.7 Å². The van der Waals surface area contributed by atoms with E-state index in [1.165, 1.54) is 12.1 Å². The maximum absolute atomic E-state index is 13.2. The molecule has 0 spiro atoms. The monoisotopic (exact) mass is 413 g/mol. The summed E-state index contributed by atoms with van der Waals surface area (Å²) in [4.78, 5) is 23.9. The number of nitrogens with zero attached hydrogens (tertiary/aromatic N) is 4. The summed E-state index contributed by atoms with van der Waals surface area (Å²) in [6.45, 7) is 6.83. The summed E-state index contributed by atoms with van der Waals surface area (Å²) in [7, 11) is 0. The summed E-state index contributed by atoms with van der Waals surface area (Å²) < 4.78 is 18.6. The van der Waals surface area contributed by atoms with Gasteiger partial charge in [-0.25, -0.2) is 14.2 Å². The number of fused-ring (bicyclic) bond motifs is 1. The highest BCUT2D eigenvalue weighted by atomic mass is 19.1. The molecule has 0 aliphatic carbocycles. The first kappa shape index (κ1) is 19.5. The van der Waals surface area contributed by atoms with Crippen LogP contribution in [0.1, 0.15) is 25.3 Å². The number of ether oxygens (including phenoxy) is 1. The second-order valence-electron chi connectivity index (χ2n) is 8.75. The molecule has 4 heterocycles. The highest BCUT2D eigenvalue weighted by Gasteiger charge is 2.39. The van der Waals surface area contributed by atoms with Crippen molar-refractivity contribution in [3.8, 4) is 0 Å². The molecule has 2 amide bonds. The van der Waals surface area contributed by atoms with Crippen molar-refractivity contribution in [3.63, 3.8) is 0 Å². The van der Waals surface area contributed by atoms with Crippen LogP contribution < -0.4 is 5.32 Å². The van der Waals surface area contributed by atoms with E-state index in [0.29, 0.717) is 18.6 Å². The first-order chi connectivity index (χ1) is 14.6. The molecular weight excluding hydrogens is 385 g/mol. The molecule has 0 saturated carbocycles. The average molecular weight is 413 g/mol. The summed E-state index contributed by atoms with van der Waals surface area (Å²) in [5, 5.41) is 3.04. The Hall–Kier alpha value is -2.45. The molecule has 2 saturated heterocycles. The van der Waals surface area contributed by atoms with Crippen LogP contribution in [0.25, 0.3) is 0 Å². The maximum Gasteiger partial charge on any atom is 0.329 e. The lowest BCUT2D eigenvalue weighted by Crippen LogP contribution is -2.50. The van der Waals surface area contributed by atoms with Crippen molar-refractivity contribution in [2.75, 3.05) is 33.0 Å². The molecular formula is C22H28FN5O2. The normalized spacial score (nSPS) is 27.7. The zero-order chi connectivity index (χ0) is 20.7. The Morgan fingerprint density at radius 3 is 2.73 bits per heavy atom. The van der Waals surface area contributed by atoms with E-state index in [-0.39, 0.29) is 17.8 Å². The lowest BCUT2D eigenvalue weighted by Gasteiger charge is -2.32. The van der Waals surface area contributed by atoms with E-state index in [1.54, 1.807) is 4.90 Å². The van der Waals surface area contributed by atoms with Gasteiger partial charge in [-0.3, -0.25) is 15.1 Å². The second-order valence-corrected chi connectivity index (χ2v) is 8.75. The van der Waals surface area contributed by atoms with Crippen LogP contribution in [-0.4, -0.2) is 65.6 Å². The van der Waals surface area contributed by atoms with Crippen molar-refractivity contribution in [2.24, 2.45) is 16.8 Å². The quantitative estimate of drug-likeness (QED) is 0.824. The molecule has 1 N–H and O–H groups in total. The smallest absolute Gasteiger partial charge is 0.329 e. The number of halogens is 1. The largest absolute Gasteiger partial charge is 0.381 e. The summed E-state index contributed by atoms with van der Waals surface area (Å²) in [6.07, 6.45) is 3.99. The van der Waals surface area contributed by atoms with E-state index in [1.807, 2.05) is 18.3 Å². The van der Waals surface area contributed by atoms with Gasteiger partial charge in [-0.1, -0.05) is 19.1 Å². The van der Waals surface area contributed by atoms with Crippen LogP contribution >= 0.6 is 0 Å². The van der Waals surface area contributed by atoms with Crippen LogP contribution in [0.15, 0.2) is 41.3 Å². The summed E-state index contributed by atoms with van der Waals surface area (Å²) in [6, 6.07) is 6.98. The van der Waals surface area contributed by atoms with Crippen LogP contribution in [0.4, 0.5) is 9.18 Å². The summed E-state index contributed by atoms with van der Waals surface area (Å²) >= 11 is 0. The predicted molar refractivity (Wildman–Crippen MR) is 111 cm³/mol. The molecule has 2 atom stereocenters. The number of carbonyl (C=O) groups excluding carboxylic acids is 1. The molecule has 4 aliphatic rings. The van der Waals surface area contributed by atoms with Gasteiger partial charge in [0.1, 0.15) is 18.3 Å². The number of hydrogen-bond acceptors (Lipinski definition) is 5. The number of benzene rings is 1. The highest BCUT2D eigenvalue weighted by Crippen LogP contribution is 2.30. The molecule has 7 nitrogen and oxygen atoms in total. The van der Waals surface area contributed by atoms with Crippen LogP contribution in [0, 0.1) is 17.7 Å². The molecule has 0 radical (unpaired) electrons. The second kappa shape index (κ2) is 8.00. The Kier molecular flexibility index (Phi) is 5.20. The highest BCUT2D eigenvalue weighted by molar-refractivity contribution is 6.02. The Morgan fingerprint density at radius 1 is 1.20 bits per heavy atom. The Labute approximate surface area is 176 Å². The average Bonchev–Trinajstić information content (AvgIpc) is 3.34. The third-order valence-electron chi connectivity index (χ3n) is 6.60. The minimum Gasteiger partial charge on any atom is -0.381 e. The number of hydrogen-bond donors (Lipinski definition) is 1. The molecule has 0 aromatic heterocycles. The lowest BCUT2D eigenvalue weighted by molar-refractivity contribution is 0.0459. The number of rotatable bonds is 4. The number of amides is 2. The number of aliphatic imine (C=N–C) groups is 1. The first-order valence-electron chi connectivity index (χ1n) is 10.8. The van der Waals surface area contributed by atoms with Crippen molar-refractivity contribution >= 4 is 11.9 Å². The molecule has 1 aromatic carbocycles. The van der Waals surface area contributed by atoms with E-state index >= 15 is 0 Å². The zero-order valence-corrected chi connectivity index (χ0v) is 17.3. The van der Waals surface area contributed by atoms with Crippen LogP contribution in [0.2, 0.25) is 0 Å². The maximum atomic E-state index is 13.2. The molecule has 2 fully saturated rings. The molecule has 5 rings (SSSR count). The minimum atomic E-state index is -0.213. The predicted octanol–water partition coefficient (Wildman–Crippen LogP) is 2.57. The van der Waals surface area contributed by atoms with Gasteiger partial charge in [0, 0.05) is 51.0 Å². The number of carbonyl (C=O) groups is 1. The SMILES string of the molecule is C[C@@H]1CN(Cc2ccc(F)cc2)C[C@H]1C1=NC2=CN(C3CCOCC3)CN2C(=O)N1. The van der Waals surface area contributed by atoms with Crippen LogP contribution in [0.5, 0.6) is 0 Å². The van der Waals surface area contributed by atoms with Gasteiger partial charge in [0.05, 0.1) is 0 Å². The Morgan fingerprint density at radius 2 is 1.97 bits per heavy atom. The molecule has 0 bridgehead atoms. The standard InChI is InChI=1S/C22H28FN5O2/c1-15-10-26(11-16-2-4-17(23)5-3-16)12-19(15)21-24-20-13-27(14-28(20)22(29)25-21)18-6-8-30-9-7-18/h2-5,13,15,18-19H,6-12,14H2,1H3,(H,24,25,29)/t15-,19-/m1/s1. The lowest BCUT2D eigenvalue weighted by atomic mass is 9.96.